The Hall–Kier alpha value is -0.690. The largest absolute Gasteiger partial charge is 0.480 e. The Morgan fingerprint density at radius 1 is 1.45 bits per heavy atom. The maximum atomic E-state index is 11.3. The van der Waals surface area contributed by atoms with Crippen molar-refractivity contribution in [2.75, 3.05) is 33.4 Å². The van der Waals surface area contributed by atoms with Crippen molar-refractivity contribution < 1.29 is 24.5 Å². The zero-order chi connectivity index (χ0) is 15.1. The number of hydrogen-bond donors (Lipinski definition) is 2. The summed E-state index contributed by atoms with van der Waals surface area (Å²) in [6, 6.07) is -0.505. The molecule has 0 aromatic rings. The lowest BCUT2D eigenvalue weighted by atomic mass is 9.90. The van der Waals surface area contributed by atoms with Crippen molar-refractivity contribution >= 4 is 5.97 Å². The molecule has 0 bridgehead atoms. The molecule has 0 spiro atoms. The SMILES string of the molecule is COCC(C)OCC(O)CN1CCCC(C)C1C(=O)O. The first-order valence-electron chi connectivity index (χ1n) is 7.21. The Morgan fingerprint density at radius 3 is 2.75 bits per heavy atom. The zero-order valence-corrected chi connectivity index (χ0v) is 12.6. The lowest BCUT2D eigenvalue weighted by Gasteiger charge is -2.38. The van der Waals surface area contributed by atoms with Crippen molar-refractivity contribution in [3.63, 3.8) is 0 Å². The average Bonchev–Trinajstić information content (AvgIpc) is 2.36. The topological polar surface area (TPSA) is 79.2 Å². The molecule has 0 amide bonds. The predicted octanol–water partition coefficient (Wildman–Crippen LogP) is 0.584. The summed E-state index contributed by atoms with van der Waals surface area (Å²) in [5, 5.41) is 19.3. The number of aliphatic carboxylic acids is 1. The third kappa shape index (κ3) is 5.36. The van der Waals surface area contributed by atoms with Crippen LogP contribution in [0.1, 0.15) is 26.7 Å². The van der Waals surface area contributed by atoms with Crippen LogP contribution < -0.4 is 0 Å². The van der Waals surface area contributed by atoms with Gasteiger partial charge in [-0.1, -0.05) is 6.92 Å². The minimum Gasteiger partial charge on any atom is -0.480 e. The molecule has 6 nitrogen and oxygen atoms in total. The third-order valence-electron chi connectivity index (χ3n) is 3.71. The summed E-state index contributed by atoms with van der Waals surface area (Å²) in [5.41, 5.74) is 0. The zero-order valence-electron chi connectivity index (χ0n) is 12.6. The number of likely N-dealkylation sites (tertiary alicyclic amines) is 1. The highest BCUT2D eigenvalue weighted by molar-refractivity contribution is 5.74. The molecule has 4 unspecified atom stereocenters. The lowest BCUT2D eigenvalue weighted by molar-refractivity contribution is -0.148. The summed E-state index contributed by atoms with van der Waals surface area (Å²) in [6.07, 6.45) is 1.13. The Bertz CT molecular complexity index is 299. The molecular weight excluding hydrogens is 262 g/mol. The molecule has 0 saturated carbocycles. The second-order valence-electron chi connectivity index (χ2n) is 5.65. The van der Waals surface area contributed by atoms with Gasteiger partial charge in [-0.2, -0.15) is 0 Å². The summed E-state index contributed by atoms with van der Waals surface area (Å²) in [4.78, 5) is 13.2. The van der Waals surface area contributed by atoms with E-state index in [1.807, 2.05) is 18.7 Å². The molecule has 2 N–H and O–H groups in total. The highest BCUT2D eigenvalue weighted by Crippen LogP contribution is 2.23. The maximum Gasteiger partial charge on any atom is 0.321 e. The number of carboxylic acid groups (broad SMARTS) is 1. The number of carbonyl (C=O) groups is 1. The van der Waals surface area contributed by atoms with E-state index < -0.39 is 18.1 Å². The molecule has 1 saturated heterocycles. The van der Waals surface area contributed by atoms with Crippen molar-refractivity contribution in [3.8, 4) is 0 Å². The van der Waals surface area contributed by atoms with E-state index in [9.17, 15) is 15.0 Å². The number of hydrogen-bond acceptors (Lipinski definition) is 5. The van der Waals surface area contributed by atoms with Crippen LogP contribution in [0.15, 0.2) is 0 Å². The van der Waals surface area contributed by atoms with Gasteiger partial charge in [0.15, 0.2) is 0 Å². The first kappa shape index (κ1) is 17.4. The number of ether oxygens (including phenoxy) is 2. The van der Waals surface area contributed by atoms with Crippen LogP contribution in [0.2, 0.25) is 0 Å². The maximum absolute atomic E-state index is 11.3. The van der Waals surface area contributed by atoms with Crippen LogP contribution >= 0.6 is 0 Å². The van der Waals surface area contributed by atoms with Crippen LogP contribution in [0, 0.1) is 5.92 Å². The van der Waals surface area contributed by atoms with E-state index in [-0.39, 0.29) is 18.6 Å². The molecule has 1 rings (SSSR count). The van der Waals surface area contributed by atoms with E-state index in [1.165, 1.54) is 0 Å². The molecule has 6 heteroatoms. The average molecular weight is 289 g/mol. The summed E-state index contributed by atoms with van der Waals surface area (Å²) >= 11 is 0. The molecule has 20 heavy (non-hydrogen) atoms. The number of carboxylic acids is 1. The molecule has 0 aliphatic carbocycles. The van der Waals surface area contributed by atoms with E-state index in [0.717, 1.165) is 12.8 Å². The fourth-order valence-electron chi connectivity index (χ4n) is 2.76. The number of rotatable bonds is 8. The van der Waals surface area contributed by atoms with E-state index in [1.54, 1.807) is 7.11 Å². The van der Waals surface area contributed by atoms with E-state index in [0.29, 0.717) is 19.7 Å². The summed E-state index contributed by atoms with van der Waals surface area (Å²) in [5.74, 6) is -0.695. The highest BCUT2D eigenvalue weighted by Gasteiger charge is 2.34. The van der Waals surface area contributed by atoms with Gasteiger partial charge in [0, 0.05) is 13.7 Å². The van der Waals surface area contributed by atoms with E-state index in [2.05, 4.69) is 0 Å². The second-order valence-corrected chi connectivity index (χ2v) is 5.65. The fourth-order valence-corrected chi connectivity index (χ4v) is 2.76. The van der Waals surface area contributed by atoms with Gasteiger partial charge in [0.1, 0.15) is 6.04 Å². The van der Waals surface area contributed by atoms with Gasteiger partial charge in [-0.25, -0.2) is 0 Å². The molecule has 4 atom stereocenters. The van der Waals surface area contributed by atoms with Crippen LogP contribution in [-0.2, 0) is 14.3 Å². The summed E-state index contributed by atoms with van der Waals surface area (Å²) in [7, 11) is 1.60. The molecule has 0 radical (unpaired) electrons. The van der Waals surface area contributed by atoms with Crippen molar-refractivity contribution in [1.82, 2.24) is 4.90 Å². The smallest absolute Gasteiger partial charge is 0.321 e. The molecule has 1 fully saturated rings. The van der Waals surface area contributed by atoms with Crippen LogP contribution in [0.5, 0.6) is 0 Å². The third-order valence-corrected chi connectivity index (χ3v) is 3.71. The van der Waals surface area contributed by atoms with Crippen molar-refractivity contribution in [2.24, 2.45) is 5.92 Å². The molecular formula is C14H27NO5. The van der Waals surface area contributed by atoms with Crippen molar-refractivity contribution in [1.29, 1.82) is 0 Å². The monoisotopic (exact) mass is 289 g/mol. The summed E-state index contributed by atoms with van der Waals surface area (Å²) in [6.45, 7) is 5.55. The number of nitrogens with zero attached hydrogens (tertiary/aromatic N) is 1. The van der Waals surface area contributed by atoms with E-state index in [4.69, 9.17) is 9.47 Å². The Labute approximate surface area is 120 Å². The minimum atomic E-state index is -0.807. The number of β-amino-alcohol motifs (C(OH)–C–C–N with tert-alkyl or cyclic N) is 1. The molecule has 1 aliphatic heterocycles. The molecule has 118 valence electrons. The van der Waals surface area contributed by atoms with Gasteiger partial charge < -0.3 is 19.7 Å². The van der Waals surface area contributed by atoms with Gasteiger partial charge in [0.2, 0.25) is 0 Å². The number of methoxy groups -OCH3 is 1. The minimum absolute atomic E-state index is 0.0785. The Balaban J connectivity index is 2.42. The Kier molecular flexibility index (Phi) is 7.43. The van der Waals surface area contributed by atoms with Gasteiger partial charge in [0.25, 0.3) is 0 Å². The lowest BCUT2D eigenvalue weighted by Crippen LogP contribution is -2.52. The van der Waals surface area contributed by atoms with Gasteiger partial charge in [-0.05, 0) is 32.2 Å². The van der Waals surface area contributed by atoms with Gasteiger partial charge >= 0.3 is 5.97 Å². The van der Waals surface area contributed by atoms with Crippen LogP contribution in [-0.4, -0.2) is 72.7 Å². The number of aliphatic hydroxyl groups excluding tert-OH is 1. The first-order valence-corrected chi connectivity index (χ1v) is 7.21. The predicted molar refractivity (Wildman–Crippen MR) is 74.7 cm³/mol. The second kappa shape index (κ2) is 8.56. The molecule has 1 aliphatic rings. The first-order chi connectivity index (χ1) is 9.45. The van der Waals surface area contributed by atoms with Crippen LogP contribution in [0.4, 0.5) is 0 Å². The number of piperidine rings is 1. The Morgan fingerprint density at radius 2 is 2.15 bits per heavy atom. The fraction of sp³-hybridized carbons (Fsp3) is 0.929. The normalized spacial score (nSPS) is 27.2. The van der Waals surface area contributed by atoms with E-state index >= 15 is 0 Å². The van der Waals surface area contributed by atoms with Gasteiger partial charge in [0.05, 0.1) is 25.4 Å². The molecule has 0 aromatic carbocycles. The quantitative estimate of drug-likeness (QED) is 0.680. The van der Waals surface area contributed by atoms with Crippen LogP contribution in [0.3, 0.4) is 0 Å². The molecule has 1 heterocycles. The summed E-state index contributed by atoms with van der Waals surface area (Å²) < 4.78 is 10.4. The van der Waals surface area contributed by atoms with Gasteiger partial charge in [-0.3, -0.25) is 9.69 Å². The molecule has 0 aromatic heterocycles. The standard InChI is InChI=1S/C14H27NO5/c1-10-5-4-6-15(13(10)14(17)18)7-12(16)9-20-11(2)8-19-3/h10-13,16H,4-9H2,1-3H3,(H,17,18). The highest BCUT2D eigenvalue weighted by atomic mass is 16.5. The number of aliphatic hydroxyl groups is 1. The van der Waals surface area contributed by atoms with Crippen molar-refractivity contribution in [2.45, 2.75) is 44.9 Å². The van der Waals surface area contributed by atoms with Crippen LogP contribution in [0.25, 0.3) is 0 Å². The van der Waals surface area contributed by atoms with Gasteiger partial charge in [-0.15, -0.1) is 0 Å². The van der Waals surface area contributed by atoms with Crippen molar-refractivity contribution in [3.05, 3.63) is 0 Å².